The van der Waals surface area contributed by atoms with Crippen molar-refractivity contribution in [1.29, 1.82) is 0 Å². The molecule has 0 radical (unpaired) electrons. The molecule has 0 saturated carbocycles. The number of amides is 1. The Balaban J connectivity index is 1.93. The smallest absolute Gasteiger partial charge is 0.230 e. The molecule has 0 aromatic rings. The van der Waals surface area contributed by atoms with Crippen molar-refractivity contribution in [2.75, 3.05) is 37.4 Å². The molecule has 0 aromatic carbocycles. The molecule has 2 N–H and O–H groups in total. The number of nitrogens with one attached hydrogen (secondary N) is 2. The molecule has 17 heavy (non-hydrogen) atoms. The number of hydrogen-bond acceptors (Lipinski definition) is 4. The van der Waals surface area contributed by atoms with Crippen molar-refractivity contribution in [2.45, 2.75) is 30.9 Å². The first kappa shape index (κ1) is 15.2. The summed E-state index contributed by atoms with van der Waals surface area (Å²) in [5.41, 5.74) is 0. The predicted octanol–water partition coefficient (Wildman–Crippen LogP) is 1.73. The van der Waals surface area contributed by atoms with E-state index < -0.39 is 0 Å². The van der Waals surface area contributed by atoms with Gasteiger partial charge in [0.1, 0.15) is 0 Å². The van der Waals surface area contributed by atoms with Crippen LogP contribution in [0.3, 0.4) is 0 Å². The highest BCUT2D eigenvalue weighted by Gasteiger charge is 2.14. The molecule has 100 valence electrons. The van der Waals surface area contributed by atoms with Gasteiger partial charge in [-0.3, -0.25) is 4.79 Å². The van der Waals surface area contributed by atoms with Gasteiger partial charge < -0.3 is 10.6 Å². The second-order valence-corrected chi connectivity index (χ2v) is 6.58. The Morgan fingerprint density at radius 3 is 2.82 bits per heavy atom. The minimum atomic E-state index is 0.206. The van der Waals surface area contributed by atoms with E-state index in [1.54, 1.807) is 0 Å². The van der Waals surface area contributed by atoms with Gasteiger partial charge in [0.2, 0.25) is 5.91 Å². The molecule has 0 aromatic heterocycles. The quantitative estimate of drug-likeness (QED) is 0.663. The van der Waals surface area contributed by atoms with E-state index in [2.05, 4.69) is 16.9 Å². The van der Waals surface area contributed by atoms with Gasteiger partial charge in [0.05, 0.1) is 5.75 Å². The van der Waals surface area contributed by atoms with E-state index in [1.807, 2.05) is 23.5 Å². The zero-order chi connectivity index (χ0) is 12.3. The Labute approximate surface area is 113 Å². The van der Waals surface area contributed by atoms with Crippen LogP contribution in [0.1, 0.15) is 25.7 Å². The topological polar surface area (TPSA) is 41.1 Å². The summed E-state index contributed by atoms with van der Waals surface area (Å²) >= 11 is 3.68. The van der Waals surface area contributed by atoms with Crippen LogP contribution < -0.4 is 10.6 Å². The molecule has 1 aliphatic rings. The molecule has 1 amide bonds. The molecule has 5 heteroatoms. The predicted molar refractivity (Wildman–Crippen MR) is 79.0 cm³/mol. The fraction of sp³-hybridized carbons (Fsp3) is 0.917. The minimum absolute atomic E-state index is 0.206. The second-order valence-electron chi connectivity index (χ2n) is 4.31. The number of unbranched alkanes of at least 4 members (excludes halogenated alkanes) is 1. The van der Waals surface area contributed by atoms with Gasteiger partial charge in [0, 0.05) is 11.8 Å². The van der Waals surface area contributed by atoms with E-state index in [9.17, 15) is 4.79 Å². The van der Waals surface area contributed by atoms with Crippen molar-refractivity contribution in [3.63, 3.8) is 0 Å². The van der Waals surface area contributed by atoms with Crippen LogP contribution in [0.2, 0.25) is 0 Å². The van der Waals surface area contributed by atoms with Crippen LogP contribution in [-0.2, 0) is 4.79 Å². The highest BCUT2D eigenvalue weighted by Crippen LogP contribution is 2.19. The molecule has 1 fully saturated rings. The molecule has 0 unspecified atom stereocenters. The first-order valence-corrected chi connectivity index (χ1v) is 8.85. The zero-order valence-electron chi connectivity index (χ0n) is 10.7. The highest BCUT2D eigenvalue weighted by molar-refractivity contribution is 8.00. The van der Waals surface area contributed by atoms with Crippen LogP contribution in [0.25, 0.3) is 0 Å². The average molecular weight is 276 g/mol. The molecule has 0 aliphatic carbocycles. The maximum atomic E-state index is 11.6. The van der Waals surface area contributed by atoms with Gasteiger partial charge in [0.15, 0.2) is 0 Å². The zero-order valence-corrected chi connectivity index (χ0v) is 12.3. The van der Waals surface area contributed by atoms with Crippen LogP contribution in [0.15, 0.2) is 0 Å². The summed E-state index contributed by atoms with van der Waals surface area (Å²) in [6.07, 6.45) is 6.82. The Morgan fingerprint density at radius 1 is 1.35 bits per heavy atom. The fourth-order valence-electron chi connectivity index (χ4n) is 1.81. The summed E-state index contributed by atoms with van der Waals surface area (Å²) in [6, 6.07) is 0. The lowest BCUT2D eigenvalue weighted by atomic mass is 10.2. The Hall–Kier alpha value is 0.130. The monoisotopic (exact) mass is 276 g/mol. The van der Waals surface area contributed by atoms with Crippen molar-refractivity contribution in [2.24, 2.45) is 0 Å². The lowest BCUT2D eigenvalue weighted by Gasteiger charge is -2.21. The van der Waals surface area contributed by atoms with Gasteiger partial charge in [0.25, 0.3) is 0 Å². The molecular formula is C12H24N2OS2. The van der Waals surface area contributed by atoms with E-state index in [0.29, 0.717) is 11.0 Å². The lowest BCUT2D eigenvalue weighted by Crippen LogP contribution is -2.31. The number of thioether (sulfide) groups is 2. The third-order valence-electron chi connectivity index (χ3n) is 2.83. The molecule has 0 spiro atoms. The molecule has 1 heterocycles. The summed E-state index contributed by atoms with van der Waals surface area (Å²) in [5.74, 6) is 2.03. The molecule has 0 atom stereocenters. The van der Waals surface area contributed by atoms with E-state index in [4.69, 9.17) is 0 Å². The van der Waals surface area contributed by atoms with Crippen LogP contribution in [-0.4, -0.2) is 48.6 Å². The van der Waals surface area contributed by atoms with Crippen molar-refractivity contribution in [3.8, 4) is 0 Å². The SMILES string of the molecule is CSCCCCNC(=O)CSC1CCNCC1. The van der Waals surface area contributed by atoms with Crippen molar-refractivity contribution >= 4 is 29.4 Å². The number of rotatable bonds is 8. The Kier molecular flexibility index (Phi) is 9.01. The molecule has 1 saturated heterocycles. The standard InChI is InChI=1S/C12H24N2OS2/c1-16-9-3-2-6-14-12(15)10-17-11-4-7-13-8-5-11/h11,13H,2-10H2,1H3,(H,14,15). The summed E-state index contributed by atoms with van der Waals surface area (Å²) in [4.78, 5) is 11.6. The van der Waals surface area contributed by atoms with Crippen LogP contribution in [0.4, 0.5) is 0 Å². The van der Waals surface area contributed by atoms with Gasteiger partial charge in [-0.2, -0.15) is 11.8 Å². The second kappa shape index (κ2) is 10.1. The first-order valence-electron chi connectivity index (χ1n) is 6.41. The summed E-state index contributed by atoms with van der Waals surface area (Å²) in [5, 5.41) is 7.02. The van der Waals surface area contributed by atoms with E-state index >= 15 is 0 Å². The van der Waals surface area contributed by atoms with Crippen LogP contribution >= 0.6 is 23.5 Å². The molecular weight excluding hydrogens is 252 g/mol. The average Bonchev–Trinajstić information content (AvgIpc) is 2.37. The van der Waals surface area contributed by atoms with Gasteiger partial charge in [-0.25, -0.2) is 0 Å². The van der Waals surface area contributed by atoms with Crippen molar-refractivity contribution < 1.29 is 4.79 Å². The van der Waals surface area contributed by atoms with E-state index in [1.165, 1.54) is 25.0 Å². The molecule has 1 rings (SSSR count). The third kappa shape index (κ3) is 7.95. The number of carbonyl (C=O) groups excluding carboxylic acids is 1. The summed E-state index contributed by atoms with van der Waals surface area (Å²) in [7, 11) is 0. The van der Waals surface area contributed by atoms with Gasteiger partial charge in [-0.1, -0.05) is 0 Å². The lowest BCUT2D eigenvalue weighted by molar-refractivity contribution is -0.118. The Morgan fingerprint density at radius 2 is 2.12 bits per heavy atom. The third-order valence-corrected chi connectivity index (χ3v) is 4.90. The van der Waals surface area contributed by atoms with E-state index in [-0.39, 0.29) is 5.91 Å². The number of piperidine rings is 1. The maximum Gasteiger partial charge on any atom is 0.230 e. The van der Waals surface area contributed by atoms with Gasteiger partial charge in [-0.15, -0.1) is 11.8 Å². The van der Waals surface area contributed by atoms with Crippen LogP contribution in [0.5, 0.6) is 0 Å². The van der Waals surface area contributed by atoms with E-state index in [0.717, 1.165) is 26.1 Å². The first-order chi connectivity index (χ1) is 8.33. The van der Waals surface area contributed by atoms with Gasteiger partial charge in [-0.05, 0) is 50.8 Å². The fourth-order valence-corrected chi connectivity index (χ4v) is 3.36. The molecule has 0 bridgehead atoms. The summed E-state index contributed by atoms with van der Waals surface area (Å²) < 4.78 is 0. The molecule has 1 aliphatic heterocycles. The van der Waals surface area contributed by atoms with Crippen molar-refractivity contribution in [1.82, 2.24) is 10.6 Å². The summed E-state index contributed by atoms with van der Waals surface area (Å²) in [6.45, 7) is 3.05. The normalized spacial score (nSPS) is 17.0. The largest absolute Gasteiger partial charge is 0.355 e. The number of hydrogen-bond donors (Lipinski definition) is 2. The maximum absolute atomic E-state index is 11.6. The molecule has 3 nitrogen and oxygen atoms in total. The number of carbonyl (C=O) groups is 1. The van der Waals surface area contributed by atoms with Crippen molar-refractivity contribution in [3.05, 3.63) is 0 Å². The van der Waals surface area contributed by atoms with Gasteiger partial charge >= 0.3 is 0 Å². The Bertz CT molecular complexity index is 209. The minimum Gasteiger partial charge on any atom is -0.355 e. The highest BCUT2D eigenvalue weighted by atomic mass is 32.2. The van der Waals surface area contributed by atoms with Crippen LogP contribution in [0, 0.1) is 0 Å².